The molecular weight excluding hydrogens is 292 g/mol. The summed E-state index contributed by atoms with van der Waals surface area (Å²) in [6.45, 7) is 3.79. The summed E-state index contributed by atoms with van der Waals surface area (Å²) < 4.78 is 0. The van der Waals surface area contributed by atoms with Gasteiger partial charge in [-0.1, -0.05) is 12.1 Å². The molecule has 3 rings (SSSR count). The number of aryl methyl sites for hydroxylation is 1. The number of aliphatic hydroxyl groups excluding tert-OH is 1. The number of carbonyl (C=O) groups is 1. The van der Waals surface area contributed by atoms with Gasteiger partial charge in [0.05, 0.1) is 17.1 Å². The minimum Gasteiger partial charge on any atom is -0.393 e. The highest BCUT2D eigenvalue weighted by molar-refractivity contribution is 5.75. The Morgan fingerprint density at radius 2 is 2.35 bits per heavy atom. The Morgan fingerprint density at radius 1 is 1.52 bits per heavy atom. The summed E-state index contributed by atoms with van der Waals surface area (Å²) in [5.41, 5.74) is 2.03. The van der Waals surface area contributed by atoms with Crippen molar-refractivity contribution < 1.29 is 9.90 Å². The van der Waals surface area contributed by atoms with Crippen LogP contribution in [0.4, 0.5) is 4.79 Å². The Bertz CT molecular complexity index is 634. The Balaban J connectivity index is 1.40. The highest BCUT2D eigenvalue weighted by atomic mass is 16.3. The van der Waals surface area contributed by atoms with Crippen LogP contribution in [0.15, 0.2) is 24.3 Å². The Morgan fingerprint density at radius 3 is 3.09 bits per heavy atom. The number of hydrogen-bond donors (Lipinski definition) is 3. The van der Waals surface area contributed by atoms with Gasteiger partial charge in [0, 0.05) is 32.0 Å². The van der Waals surface area contributed by atoms with Crippen LogP contribution in [0.3, 0.4) is 0 Å². The first kappa shape index (κ1) is 15.8. The zero-order valence-electron chi connectivity index (χ0n) is 13.5. The van der Waals surface area contributed by atoms with Gasteiger partial charge in [-0.2, -0.15) is 0 Å². The quantitative estimate of drug-likeness (QED) is 0.737. The maximum absolute atomic E-state index is 12.1. The minimum atomic E-state index is -0.346. The van der Waals surface area contributed by atoms with Crippen molar-refractivity contribution in [3.63, 3.8) is 0 Å². The van der Waals surface area contributed by atoms with Crippen LogP contribution in [-0.4, -0.2) is 51.7 Å². The van der Waals surface area contributed by atoms with Gasteiger partial charge in [0.1, 0.15) is 5.82 Å². The fourth-order valence-corrected chi connectivity index (χ4v) is 3.05. The number of rotatable bonds is 5. The monoisotopic (exact) mass is 316 g/mol. The third kappa shape index (κ3) is 3.82. The average molecular weight is 316 g/mol. The van der Waals surface area contributed by atoms with E-state index in [0.29, 0.717) is 13.1 Å². The van der Waals surface area contributed by atoms with E-state index >= 15 is 0 Å². The molecule has 2 amide bonds. The normalized spacial score (nSPS) is 19.2. The fourth-order valence-electron chi connectivity index (χ4n) is 3.05. The molecule has 0 bridgehead atoms. The molecule has 0 spiro atoms. The predicted octanol–water partition coefficient (Wildman–Crippen LogP) is 1.91. The number of nitrogens with one attached hydrogen (secondary N) is 2. The fraction of sp³-hybridized carbons (Fsp3) is 0.529. The third-order valence-electron chi connectivity index (χ3n) is 4.50. The van der Waals surface area contributed by atoms with Crippen LogP contribution in [0, 0.1) is 5.92 Å². The van der Waals surface area contributed by atoms with Gasteiger partial charge in [0.25, 0.3) is 0 Å². The third-order valence-corrected chi connectivity index (χ3v) is 4.50. The molecule has 0 aliphatic carbocycles. The SMILES string of the molecule is C[C@@H](O)[C@H]1CCN(C(=O)NCCCc2nc3ccccc3[nH]2)C1. The molecule has 1 fully saturated rings. The second-order valence-electron chi connectivity index (χ2n) is 6.27. The van der Waals surface area contributed by atoms with Crippen LogP contribution in [0.2, 0.25) is 0 Å². The second-order valence-corrected chi connectivity index (χ2v) is 6.27. The van der Waals surface area contributed by atoms with Gasteiger partial charge in [-0.05, 0) is 31.9 Å². The van der Waals surface area contributed by atoms with Crippen molar-refractivity contribution >= 4 is 17.1 Å². The molecule has 2 heterocycles. The van der Waals surface area contributed by atoms with Crippen molar-refractivity contribution in [2.24, 2.45) is 5.92 Å². The van der Waals surface area contributed by atoms with Crippen LogP contribution >= 0.6 is 0 Å². The molecule has 124 valence electrons. The summed E-state index contributed by atoms with van der Waals surface area (Å²) in [5, 5.41) is 12.5. The smallest absolute Gasteiger partial charge is 0.317 e. The van der Waals surface area contributed by atoms with E-state index in [4.69, 9.17) is 0 Å². The first-order chi connectivity index (χ1) is 11.1. The van der Waals surface area contributed by atoms with E-state index in [1.807, 2.05) is 24.3 Å². The van der Waals surface area contributed by atoms with E-state index in [9.17, 15) is 9.90 Å². The molecule has 0 saturated carbocycles. The number of benzene rings is 1. The molecule has 1 saturated heterocycles. The zero-order valence-corrected chi connectivity index (χ0v) is 13.5. The van der Waals surface area contributed by atoms with Crippen LogP contribution in [0.1, 0.15) is 25.6 Å². The summed E-state index contributed by atoms with van der Waals surface area (Å²) in [5.74, 6) is 1.16. The lowest BCUT2D eigenvalue weighted by atomic mass is 10.0. The standard InChI is InChI=1S/C17H24N4O2/c1-12(22)13-8-10-21(11-13)17(23)18-9-4-7-16-19-14-5-2-3-6-15(14)20-16/h2-3,5-6,12-13,22H,4,7-11H2,1H3,(H,18,23)(H,19,20)/t12-,13+/m1/s1. The number of imidazole rings is 1. The molecule has 1 aromatic heterocycles. The number of aliphatic hydroxyl groups is 1. The molecule has 2 aromatic rings. The molecule has 23 heavy (non-hydrogen) atoms. The maximum atomic E-state index is 12.1. The number of likely N-dealkylation sites (tertiary alicyclic amines) is 1. The average Bonchev–Trinajstić information content (AvgIpc) is 3.17. The number of hydrogen-bond acceptors (Lipinski definition) is 3. The number of amides is 2. The summed E-state index contributed by atoms with van der Waals surface area (Å²) in [6, 6.07) is 7.94. The van der Waals surface area contributed by atoms with E-state index in [2.05, 4.69) is 15.3 Å². The second kappa shape index (κ2) is 7.00. The summed E-state index contributed by atoms with van der Waals surface area (Å²) >= 11 is 0. The largest absolute Gasteiger partial charge is 0.393 e. The highest BCUT2D eigenvalue weighted by Gasteiger charge is 2.28. The number of H-pyrrole nitrogens is 1. The molecule has 3 N–H and O–H groups in total. The number of urea groups is 1. The predicted molar refractivity (Wildman–Crippen MR) is 89.2 cm³/mol. The number of fused-ring (bicyclic) bond motifs is 1. The van der Waals surface area contributed by atoms with Gasteiger partial charge in [-0.3, -0.25) is 0 Å². The number of carbonyl (C=O) groups excluding carboxylic acids is 1. The van der Waals surface area contributed by atoms with Crippen molar-refractivity contribution in [3.05, 3.63) is 30.1 Å². The lowest BCUT2D eigenvalue weighted by molar-refractivity contribution is 0.129. The lowest BCUT2D eigenvalue weighted by Gasteiger charge is -2.18. The number of aromatic amines is 1. The number of aromatic nitrogens is 2. The van der Waals surface area contributed by atoms with E-state index in [-0.39, 0.29) is 18.1 Å². The van der Waals surface area contributed by atoms with Crippen molar-refractivity contribution in [3.8, 4) is 0 Å². The summed E-state index contributed by atoms with van der Waals surface area (Å²) in [4.78, 5) is 21.7. The highest BCUT2D eigenvalue weighted by Crippen LogP contribution is 2.19. The molecule has 1 aliphatic rings. The van der Waals surface area contributed by atoms with Gasteiger partial charge < -0.3 is 20.3 Å². The Hall–Kier alpha value is -2.08. The van der Waals surface area contributed by atoms with Gasteiger partial charge in [-0.15, -0.1) is 0 Å². The Labute approximate surface area is 135 Å². The molecule has 0 radical (unpaired) electrons. The van der Waals surface area contributed by atoms with E-state index in [1.165, 1.54) is 0 Å². The van der Waals surface area contributed by atoms with Crippen molar-refractivity contribution in [1.82, 2.24) is 20.2 Å². The molecular formula is C17H24N4O2. The molecule has 1 aromatic carbocycles. The van der Waals surface area contributed by atoms with Crippen LogP contribution in [0.5, 0.6) is 0 Å². The molecule has 6 heteroatoms. The summed E-state index contributed by atoms with van der Waals surface area (Å²) in [7, 11) is 0. The van der Waals surface area contributed by atoms with E-state index < -0.39 is 0 Å². The molecule has 6 nitrogen and oxygen atoms in total. The molecule has 1 aliphatic heterocycles. The first-order valence-electron chi connectivity index (χ1n) is 8.28. The Kier molecular flexibility index (Phi) is 4.81. The van der Waals surface area contributed by atoms with Crippen LogP contribution in [0.25, 0.3) is 11.0 Å². The topological polar surface area (TPSA) is 81.2 Å². The maximum Gasteiger partial charge on any atom is 0.317 e. The number of para-hydroxylation sites is 2. The summed E-state index contributed by atoms with van der Waals surface area (Å²) in [6.07, 6.45) is 2.19. The van der Waals surface area contributed by atoms with Gasteiger partial charge in [-0.25, -0.2) is 9.78 Å². The van der Waals surface area contributed by atoms with Gasteiger partial charge >= 0.3 is 6.03 Å². The molecule has 2 atom stereocenters. The van der Waals surface area contributed by atoms with Crippen LogP contribution in [-0.2, 0) is 6.42 Å². The minimum absolute atomic E-state index is 0.0299. The van der Waals surface area contributed by atoms with Crippen molar-refractivity contribution in [2.75, 3.05) is 19.6 Å². The van der Waals surface area contributed by atoms with Gasteiger partial charge in [0.15, 0.2) is 0 Å². The zero-order chi connectivity index (χ0) is 16.2. The van der Waals surface area contributed by atoms with Crippen molar-refractivity contribution in [2.45, 2.75) is 32.3 Å². The van der Waals surface area contributed by atoms with Crippen molar-refractivity contribution in [1.29, 1.82) is 0 Å². The van der Waals surface area contributed by atoms with E-state index in [0.717, 1.165) is 42.7 Å². The van der Waals surface area contributed by atoms with Gasteiger partial charge in [0.2, 0.25) is 0 Å². The molecule has 0 unspecified atom stereocenters. The number of nitrogens with zero attached hydrogens (tertiary/aromatic N) is 2. The first-order valence-corrected chi connectivity index (χ1v) is 8.28. The van der Waals surface area contributed by atoms with E-state index in [1.54, 1.807) is 11.8 Å². The lowest BCUT2D eigenvalue weighted by Crippen LogP contribution is -2.39. The van der Waals surface area contributed by atoms with Crippen LogP contribution < -0.4 is 5.32 Å².